The Kier molecular flexibility index (Phi) is 5.20. The molecule has 2 N–H and O–H groups in total. The third-order valence-electron chi connectivity index (χ3n) is 3.96. The van der Waals surface area contributed by atoms with Crippen molar-refractivity contribution < 1.29 is 14.6 Å². The largest absolute Gasteiger partial charge is 0.390 e. The summed E-state index contributed by atoms with van der Waals surface area (Å²) in [6.07, 6.45) is 4.19. The lowest BCUT2D eigenvalue weighted by Crippen LogP contribution is -2.36. The van der Waals surface area contributed by atoms with Crippen LogP contribution in [0.3, 0.4) is 0 Å². The van der Waals surface area contributed by atoms with Crippen molar-refractivity contribution >= 4 is 11.6 Å². The molecule has 1 fully saturated rings. The molecule has 106 valence electrons. The maximum Gasteiger partial charge on any atom is 0.141 e. The Morgan fingerprint density at radius 2 is 1.89 bits per heavy atom. The minimum atomic E-state index is -0.815. The zero-order valence-electron chi connectivity index (χ0n) is 10.9. The molecule has 0 radical (unpaired) electrons. The van der Waals surface area contributed by atoms with Crippen molar-refractivity contribution in [3.63, 3.8) is 0 Å². The number of aliphatic hydroxyl groups excluding tert-OH is 2. The van der Waals surface area contributed by atoms with Crippen LogP contribution in [0.5, 0.6) is 0 Å². The highest BCUT2D eigenvalue weighted by atomic mass is 35.5. The van der Waals surface area contributed by atoms with Crippen LogP contribution in [-0.2, 0) is 6.42 Å². The molecule has 0 saturated heterocycles. The van der Waals surface area contributed by atoms with Gasteiger partial charge < -0.3 is 10.2 Å². The van der Waals surface area contributed by atoms with Crippen molar-refractivity contribution in [1.82, 2.24) is 0 Å². The molecule has 0 heterocycles. The van der Waals surface area contributed by atoms with Crippen LogP contribution >= 0.6 is 11.6 Å². The highest BCUT2D eigenvalue weighted by Gasteiger charge is 2.27. The Balaban J connectivity index is 1.95. The average Bonchev–Trinajstić information content (AvgIpc) is 2.43. The maximum atomic E-state index is 13.0. The van der Waals surface area contributed by atoms with Gasteiger partial charge in [-0.3, -0.25) is 0 Å². The monoisotopic (exact) mass is 286 g/mol. The highest BCUT2D eigenvalue weighted by molar-refractivity contribution is 6.30. The SMILES string of the molecule is OC(Cc1ccc(F)c(Cl)c1)C(O)C1CCCCC1. The van der Waals surface area contributed by atoms with Gasteiger partial charge in [-0.2, -0.15) is 0 Å². The molecular formula is C15H20ClFO2. The summed E-state index contributed by atoms with van der Waals surface area (Å²) in [5.41, 5.74) is 0.744. The summed E-state index contributed by atoms with van der Waals surface area (Å²) < 4.78 is 13.0. The molecular weight excluding hydrogens is 267 g/mol. The average molecular weight is 287 g/mol. The number of hydrogen-bond donors (Lipinski definition) is 2. The van der Waals surface area contributed by atoms with Crippen LogP contribution in [0, 0.1) is 11.7 Å². The molecule has 0 bridgehead atoms. The number of halogens is 2. The third-order valence-corrected chi connectivity index (χ3v) is 4.25. The highest BCUT2D eigenvalue weighted by Crippen LogP contribution is 2.28. The molecule has 4 heteroatoms. The molecule has 1 aliphatic carbocycles. The van der Waals surface area contributed by atoms with Crippen molar-refractivity contribution in [2.75, 3.05) is 0 Å². The Morgan fingerprint density at radius 1 is 1.21 bits per heavy atom. The van der Waals surface area contributed by atoms with E-state index in [-0.39, 0.29) is 10.9 Å². The molecule has 2 nitrogen and oxygen atoms in total. The predicted molar refractivity (Wildman–Crippen MR) is 73.7 cm³/mol. The van der Waals surface area contributed by atoms with Gasteiger partial charge in [0, 0.05) is 6.42 Å². The molecule has 0 aromatic heterocycles. The van der Waals surface area contributed by atoms with E-state index in [1.807, 2.05) is 0 Å². The van der Waals surface area contributed by atoms with E-state index in [1.54, 1.807) is 6.07 Å². The summed E-state index contributed by atoms with van der Waals surface area (Å²) in [4.78, 5) is 0. The summed E-state index contributed by atoms with van der Waals surface area (Å²) in [6, 6.07) is 4.39. The Morgan fingerprint density at radius 3 is 2.53 bits per heavy atom. The molecule has 2 atom stereocenters. The van der Waals surface area contributed by atoms with Gasteiger partial charge in [-0.1, -0.05) is 36.9 Å². The summed E-state index contributed by atoms with van der Waals surface area (Å²) in [5.74, 6) is -0.285. The van der Waals surface area contributed by atoms with E-state index >= 15 is 0 Å². The third kappa shape index (κ3) is 3.91. The van der Waals surface area contributed by atoms with Crippen molar-refractivity contribution in [2.24, 2.45) is 5.92 Å². The van der Waals surface area contributed by atoms with Crippen LogP contribution in [0.25, 0.3) is 0 Å². The van der Waals surface area contributed by atoms with E-state index in [0.29, 0.717) is 6.42 Å². The second kappa shape index (κ2) is 6.69. The van der Waals surface area contributed by atoms with E-state index in [9.17, 15) is 14.6 Å². The van der Waals surface area contributed by atoms with Crippen molar-refractivity contribution in [3.05, 3.63) is 34.6 Å². The predicted octanol–water partition coefficient (Wildman–Crippen LogP) is 3.32. The van der Waals surface area contributed by atoms with Gasteiger partial charge in [0.05, 0.1) is 17.2 Å². The van der Waals surface area contributed by atoms with Crippen molar-refractivity contribution in [2.45, 2.75) is 50.7 Å². The van der Waals surface area contributed by atoms with E-state index in [4.69, 9.17) is 11.6 Å². The number of rotatable bonds is 4. The summed E-state index contributed by atoms with van der Waals surface area (Å²) in [7, 11) is 0. The van der Waals surface area contributed by atoms with Crippen LogP contribution in [0.15, 0.2) is 18.2 Å². The molecule has 1 saturated carbocycles. The van der Waals surface area contributed by atoms with Crippen LogP contribution in [0.2, 0.25) is 5.02 Å². The molecule has 19 heavy (non-hydrogen) atoms. The van der Waals surface area contributed by atoms with E-state index in [2.05, 4.69) is 0 Å². The Labute approximate surface area is 118 Å². The van der Waals surface area contributed by atoms with Crippen molar-refractivity contribution in [3.8, 4) is 0 Å². The Bertz CT molecular complexity index is 419. The van der Waals surface area contributed by atoms with Crippen molar-refractivity contribution in [1.29, 1.82) is 0 Å². The Hall–Kier alpha value is -0.640. The first-order valence-electron chi connectivity index (χ1n) is 6.88. The molecule has 0 spiro atoms. The summed E-state index contributed by atoms with van der Waals surface area (Å²) >= 11 is 5.71. The first-order chi connectivity index (χ1) is 9.08. The fourth-order valence-corrected chi connectivity index (χ4v) is 3.02. The van der Waals surface area contributed by atoms with E-state index in [0.717, 1.165) is 31.2 Å². The van der Waals surface area contributed by atoms with Gasteiger partial charge in [0.15, 0.2) is 0 Å². The van der Waals surface area contributed by atoms with E-state index < -0.39 is 18.0 Å². The van der Waals surface area contributed by atoms with Gasteiger partial charge in [0.25, 0.3) is 0 Å². The smallest absolute Gasteiger partial charge is 0.141 e. The van der Waals surface area contributed by atoms with Gasteiger partial charge >= 0.3 is 0 Å². The van der Waals surface area contributed by atoms with Gasteiger partial charge in [-0.15, -0.1) is 0 Å². The van der Waals surface area contributed by atoms with Gasteiger partial charge in [-0.05, 0) is 36.5 Å². The summed E-state index contributed by atoms with van der Waals surface area (Å²) in [6.45, 7) is 0. The van der Waals surface area contributed by atoms with Gasteiger partial charge in [0.2, 0.25) is 0 Å². The van der Waals surface area contributed by atoms with Gasteiger partial charge in [-0.25, -0.2) is 4.39 Å². The fourth-order valence-electron chi connectivity index (χ4n) is 2.82. The molecule has 2 rings (SSSR count). The van der Waals surface area contributed by atoms with Crippen LogP contribution in [-0.4, -0.2) is 22.4 Å². The van der Waals surface area contributed by atoms with Crippen LogP contribution in [0.1, 0.15) is 37.7 Å². The minimum absolute atomic E-state index is 0.0526. The van der Waals surface area contributed by atoms with E-state index in [1.165, 1.54) is 18.6 Å². The lowest BCUT2D eigenvalue weighted by Gasteiger charge is -2.29. The van der Waals surface area contributed by atoms with Crippen LogP contribution in [0.4, 0.5) is 4.39 Å². The van der Waals surface area contributed by atoms with Gasteiger partial charge in [0.1, 0.15) is 5.82 Å². The second-order valence-corrected chi connectivity index (χ2v) is 5.82. The minimum Gasteiger partial charge on any atom is -0.390 e. The first kappa shape index (κ1) is 14.8. The molecule has 1 aromatic carbocycles. The molecule has 0 amide bonds. The quantitative estimate of drug-likeness (QED) is 0.891. The second-order valence-electron chi connectivity index (χ2n) is 5.41. The molecule has 0 aliphatic heterocycles. The topological polar surface area (TPSA) is 40.5 Å². The molecule has 1 aromatic rings. The normalized spacial score (nSPS) is 20.2. The lowest BCUT2D eigenvalue weighted by molar-refractivity contribution is -0.0263. The van der Waals surface area contributed by atoms with Crippen LogP contribution < -0.4 is 0 Å². The zero-order chi connectivity index (χ0) is 13.8. The number of hydrogen-bond acceptors (Lipinski definition) is 2. The number of aliphatic hydroxyl groups is 2. The fraction of sp³-hybridized carbons (Fsp3) is 0.600. The molecule has 2 unspecified atom stereocenters. The maximum absolute atomic E-state index is 13.0. The first-order valence-corrected chi connectivity index (χ1v) is 7.26. The lowest BCUT2D eigenvalue weighted by atomic mass is 9.82. The summed E-state index contributed by atoms with van der Waals surface area (Å²) in [5, 5.41) is 20.3. The number of benzene rings is 1. The zero-order valence-corrected chi connectivity index (χ0v) is 11.6. The molecule has 1 aliphatic rings. The standard InChI is InChI=1S/C15H20ClFO2/c16-12-8-10(6-7-13(12)17)9-14(18)15(19)11-4-2-1-3-5-11/h6-8,11,14-15,18-19H,1-5,9H2.